The Morgan fingerprint density at radius 3 is 2.62 bits per heavy atom. The molecular weight excluding hydrogens is 222 g/mol. The van der Waals surface area contributed by atoms with E-state index in [1.807, 2.05) is 24.3 Å². The standard InChI is InChI=1S/C12H14ClN3/c13-10-2-1-3-11(8-10)16-6-4-12(15,9-14)5-7-16/h1-3,8H,4-7,15H2. The van der Waals surface area contributed by atoms with Gasteiger partial charge in [0.05, 0.1) is 6.07 Å². The van der Waals surface area contributed by atoms with Crippen molar-refractivity contribution in [1.82, 2.24) is 0 Å². The van der Waals surface area contributed by atoms with Crippen molar-refractivity contribution in [1.29, 1.82) is 5.26 Å². The number of benzene rings is 1. The van der Waals surface area contributed by atoms with Crippen LogP contribution in [0.25, 0.3) is 0 Å². The molecule has 0 saturated carbocycles. The zero-order chi connectivity index (χ0) is 11.6. The number of anilines is 1. The zero-order valence-electron chi connectivity index (χ0n) is 8.99. The summed E-state index contributed by atoms with van der Waals surface area (Å²) in [6, 6.07) is 9.96. The van der Waals surface area contributed by atoms with Crippen molar-refractivity contribution in [2.45, 2.75) is 18.4 Å². The van der Waals surface area contributed by atoms with Gasteiger partial charge in [-0.2, -0.15) is 5.26 Å². The van der Waals surface area contributed by atoms with Crippen LogP contribution < -0.4 is 10.6 Å². The summed E-state index contributed by atoms with van der Waals surface area (Å²) < 4.78 is 0. The molecule has 2 rings (SSSR count). The maximum absolute atomic E-state index is 8.94. The lowest BCUT2D eigenvalue weighted by molar-refractivity contribution is 0.415. The number of nitrogens with zero attached hydrogens (tertiary/aromatic N) is 2. The van der Waals surface area contributed by atoms with Crippen LogP contribution >= 0.6 is 11.6 Å². The molecule has 1 fully saturated rings. The van der Waals surface area contributed by atoms with Gasteiger partial charge in [-0.25, -0.2) is 0 Å². The molecular formula is C12H14ClN3. The summed E-state index contributed by atoms with van der Waals surface area (Å²) in [5.74, 6) is 0. The fourth-order valence-electron chi connectivity index (χ4n) is 1.95. The molecule has 1 saturated heterocycles. The van der Waals surface area contributed by atoms with Gasteiger partial charge in [-0.05, 0) is 31.0 Å². The van der Waals surface area contributed by atoms with Crippen LogP contribution in [-0.2, 0) is 0 Å². The second kappa shape index (κ2) is 4.32. The summed E-state index contributed by atoms with van der Waals surface area (Å²) in [7, 11) is 0. The first-order valence-corrected chi connectivity index (χ1v) is 5.71. The average molecular weight is 236 g/mol. The molecule has 16 heavy (non-hydrogen) atoms. The molecule has 0 bridgehead atoms. The first-order chi connectivity index (χ1) is 7.63. The van der Waals surface area contributed by atoms with Gasteiger partial charge in [0.25, 0.3) is 0 Å². The highest BCUT2D eigenvalue weighted by Gasteiger charge is 2.30. The van der Waals surface area contributed by atoms with Crippen LogP contribution in [0.15, 0.2) is 24.3 Å². The number of rotatable bonds is 1. The summed E-state index contributed by atoms with van der Waals surface area (Å²) in [6.07, 6.45) is 1.41. The Balaban J connectivity index is 2.08. The normalized spacial score (nSPS) is 19.2. The number of hydrogen-bond donors (Lipinski definition) is 1. The van der Waals surface area contributed by atoms with E-state index in [-0.39, 0.29) is 0 Å². The van der Waals surface area contributed by atoms with Gasteiger partial charge >= 0.3 is 0 Å². The van der Waals surface area contributed by atoms with Crippen LogP contribution in [0, 0.1) is 11.3 Å². The summed E-state index contributed by atoms with van der Waals surface area (Å²) in [4.78, 5) is 2.22. The molecule has 0 radical (unpaired) electrons. The van der Waals surface area contributed by atoms with E-state index in [4.69, 9.17) is 22.6 Å². The van der Waals surface area contributed by atoms with Crippen LogP contribution in [0.5, 0.6) is 0 Å². The van der Waals surface area contributed by atoms with Crippen molar-refractivity contribution in [3.63, 3.8) is 0 Å². The van der Waals surface area contributed by atoms with Crippen molar-refractivity contribution >= 4 is 17.3 Å². The average Bonchev–Trinajstić information content (AvgIpc) is 2.30. The monoisotopic (exact) mass is 235 g/mol. The molecule has 0 amide bonds. The minimum absolute atomic E-state index is 0.644. The summed E-state index contributed by atoms with van der Waals surface area (Å²) in [5.41, 5.74) is 6.38. The van der Waals surface area contributed by atoms with Crippen LogP contribution in [-0.4, -0.2) is 18.6 Å². The second-order valence-electron chi connectivity index (χ2n) is 4.23. The van der Waals surface area contributed by atoms with Crippen molar-refractivity contribution in [3.8, 4) is 6.07 Å². The molecule has 1 aliphatic rings. The topological polar surface area (TPSA) is 53.1 Å². The summed E-state index contributed by atoms with van der Waals surface area (Å²) in [6.45, 7) is 1.62. The molecule has 1 aromatic carbocycles. The third kappa shape index (κ3) is 2.29. The van der Waals surface area contributed by atoms with Crippen LogP contribution in [0.3, 0.4) is 0 Å². The molecule has 0 atom stereocenters. The smallest absolute Gasteiger partial charge is 0.107 e. The minimum atomic E-state index is -0.644. The number of piperidine rings is 1. The molecule has 0 aliphatic carbocycles. The lowest BCUT2D eigenvalue weighted by atomic mass is 9.90. The van der Waals surface area contributed by atoms with Gasteiger partial charge in [0.15, 0.2) is 0 Å². The van der Waals surface area contributed by atoms with Crippen LogP contribution in [0.1, 0.15) is 12.8 Å². The van der Waals surface area contributed by atoms with Gasteiger partial charge in [0, 0.05) is 23.8 Å². The first kappa shape index (κ1) is 11.3. The van der Waals surface area contributed by atoms with E-state index >= 15 is 0 Å². The van der Waals surface area contributed by atoms with Crippen molar-refractivity contribution in [3.05, 3.63) is 29.3 Å². The predicted octanol–water partition coefficient (Wildman–Crippen LogP) is 2.16. The van der Waals surface area contributed by atoms with Crippen LogP contribution in [0.2, 0.25) is 5.02 Å². The summed E-state index contributed by atoms with van der Waals surface area (Å²) >= 11 is 5.94. The Labute approximate surface area is 100 Å². The largest absolute Gasteiger partial charge is 0.371 e. The van der Waals surface area contributed by atoms with Gasteiger partial charge in [0.1, 0.15) is 5.54 Å². The van der Waals surface area contributed by atoms with E-state index in [1.54, 1.807) is 0 Å². The molecule has 1 aromatic rings. The molecule has 2 N–H and O–H groups in total. The predicted molar refractivity (Wildman–Crippen MR) is 65.4 cm³/mol. The Morgan fingerprint density at radius 1 is 1.38 bits per heavy atom. The molecule has 4 heteroatoms. The molecule has 1 aliphatic heterocycles. The Kier molecular flexibility index (Phi) is 3.04. The highest BCUT2D eigenvalue weighted by Crippen LogP contribution is 2.25. The summed E-state index contributed by atoms with van der Waals surface area (Å²) in [5, 5.41) is 9.67. The third-order valence-electron chi connectivity index (χ3n) is 3.05. The third-order valence-corrected chi connectivity index (χ3v) is 3.29. The van der Waals surface area contributed by atoms with E-state index in [0.717, 1.165) is 23.8 Å². The van der Waals surface area contributed by atoms with E-state index in [2.05, 4.69) is 11.0 Å². The quantitative estimate of drug-likeness (QED) is 0.812. The minimum Gasteiger partial charge on any atom is -0.371 e. The van der Waals surface area contributed by atoms with Crippen molar-refractivity contribution in [2.75, 3.05) is 18.0 Å². The molecule has 84 valence electrons. The van der Waals surface area contributed by atoms with Gasteiger partial charge < -0.3 is 10.6 Å². The lowest BCUT2D eigenvalue weighted by Crippen LogP contribution is -2.49. The number of nitriles is 1. The van der Waals surface area contributed by atoms with E-state index < -0.39 is 5.54 Å². The maximum Gasteiger partial charge on any atom is 0.107 e. The van der Waals surface area contributed by atoms with Crippen molar-refractivity contribution in [2.24, 2.45) is 5.73 Å². The Morgan fingerprint density at radius 2 is 2.06 bits per heavy atom. The Bertz CT molecular complexity index is 417. The van der Waals surface area contributed by atoms with Gasteiger partial charge in [0.2, 0.25) is 0 Å². The fourth-order valence-corrected chi connectivity index (χ4v) is 2.13. The molecule has 0 unspecified atom stereocenters. The zero-order valence-corrected chi connectivity index (χ0v) is 9.74. The van der Waals surface area contributed by atoms with E-state index in [1.165, 1.54) is 0 Å². The highest BCUT2D eigenvalue weighted by molar-refractivity contribution is 6.30. The van der Waals surface area contributed by atoms with Crippen molar-refractivity contribution < 1.29 is 0 Å². The van der Waals surface area contributed by atoms with Crippen LogP contribution in [0.4, 0.5) is 5.69 Å². The number of halogens is 1. The van der Waals surface area contributed by atoms with Gasteiger partial charge in [-0.1, -0.05) is 17.7 Å². The second-order valence-corrected chi connectivity index (χ2v) is 4.67. The number of hydrogen-bond acceptors (Lipinski definition) is 3. The number of nitrogens with two attached hydrogens (primary N) is 1. The highest BCUT2D eigenvalue weighted by atomic mass is 35.5. The lowest BCUT2D eigenvalue weighted by Gasteiger charge is -2.36. The SMILES string of the molecule is N#CC1(N)CCN(c2cccc(Cl)c2)CC1. The Hall–Kier alpha value is -1.24. The molecule has 0 aromatic heterocycles. The molecule has 1 heterocycles. The van der Waals surface area contributed by atoms with E-state index in [9.17, 15) is 0 Å². The molecule has 3 nitrogen and oxygen atoms in total. The first-order valence-electron chi connectivity index (χ1n) is 5.34. The maximum atomic E-state index is 8.94. The van der Waals surface area contributed by atoms with Gasteiger partial charge in [-0.15, -0.1) is 0 Å². The molecule has 0 spiro atoms. The van der Waals surface area contributed by atoms with Gasteiger partial charge in [-0.3, -0.25) is 0 Å². The van der Waals surface area contributed by atoms with E-state index in [0.29, 0.717) is 12.8 Å². The fraction of sp³-hybridized carbons (Fsp3) is 0.417.